The molecule has 7 nitrogen and oxygen atoms in total. The van der Waals surface area contributed by atoms with Crippen molar-refractivity contribution >= 4 is 33.5 Å². The normalized spacial score (nSPS) is 11.4. The topological polar surface area (TPSA) is 90.4 Å². The predicted molar refractivity (Wildman–Crippen MR) is 94.1 cm³/mol. The Kier molecular flexibility index (Phi) is 4.22. The monoisotopic (exact) mass is 342 g/mol. The summed E-state index contributed by atoms with van der Waals surface area (Å²) in [6.07, 6.45) is 2.01. The third-order valence-electron chi connectivity index (χ3n) is 3.65. The molecule has 0 saturated carbocycles. The van der Waals surface area contributed by atoms with Gasteiger partial charge in [0.15, 0.2) is 0 Å². The van der Waals surface area contributed by atoms with Crippen LogP contribution in [-0.4, -0.2) is 20.8 Å². The second-order valence-corrected chi connectivity index (χ2v) is 6.05. The highest BCUT2D eigenvalue weighted by molar-refractivity contribution is 7.16. The molecule has 0 fully saturated rings. The molecule has 3 aromatic rings. The zero-order chi connectivity index (χ0) is 17.3. The van der Waals surface area contributed by atoms with Crippen LogP contribution in [0.5, 0.6) is 0 Å². The standard InChI is InChI=1S/C16H14N4O3S/c1-3-12-5-4-11(8-14(12)20(22)23)9-17-19-10(2)18-15-13(16(19)21)6-7-24-15/h4-9H,3H2,1-2H3/b17-9-. The van der Waals surface area contributed by atoms with Gasteiger partial charge in [-0.1, -0.05) is 19.1 Å². The first kappa shape index (κ1) is 16.0. The van der Waals surface area contributed by atoms with Gasteiger partial charge in [0.2, 0.25) is 0 Å². The van der Waals surface area contributed by atoms with E-state index in [9.17, 15) is 14.9 Å². The zero-order valence-electron chi connectivity index (χ0n) is 13.1. The van der Waals surface area contributed by atoms with E-state index in [0.29, 0.717) is 33.6 Å². The van der Waals surface area contributed by atoms with Gasteiger partial charge >= 0.3 is 0 Å². The van der Waals surface area contributed by atoms with E-state index in [1.165, 1.54) is 28.3 Å². The van der Waals surface area contributed by atoms with Crippen LogP contribution in [-0.2, 0) is 6.42 Å². The van der Waals surface area contributed by atoms with Gasteiger partial charge in [0.1, 0.15) is 10.7 Å². The van der Waals surface area contributed by atoms with Crippen molar-refractivity contribution in [2.75, 3.05) is 0 Å². The van der Waals surface area contributed by atoms with Gasteiger partial charge in [-0.05, 0) is 24.8 Å². The van der Waals surface area contributed by atoms with E-state index in [2.05, 4.69) is 10.1 Å². The van der Waals surface area contributed by atoms with Crippen LogP contribution in [0.2, 0.25) is 0 Å². The molecule has 0 amide bonds. The summed E-state index contributed by atoms with van der Waals surface area (Å²) in [6.45, 7) is 3.56. The molecule has 2 heterocycles. The number of benzene rings is 1. The Morgan fingerprint density at radius 2 is 2.21 bits per heavy atom. The fraction of sp³-hybridized carbons (Fsp3) is 0.188. The molecule has 1 aromatic carbocycles. The van der Waals surface area contributed by atoms with E-state index >= 15 is 0 Å². The van der Waals surface area contributed by atoms with Crippen LogP contribution in [0.4, 0.5) is 5.69 Å². The molecule has 0 unspecified atom stereocenters. The lowest BCUT2D eigenvalue weighted by Gasteiger charge is -2.03. The first-order valence-corrected chi connectivity index (χ1v) is 8.17. The Morgan fingerprint density at radius 3 is 2.92 bits per heavy atom. The highest BCUT2D eigenvalue weighted by atomic mass is 32.1. The van der Waals surface area contributed by atoms with Crippen LogP contribution in [0, 0.1) is 17.0 Å². The second kappa shape index (κ2) is 6.32. The fourth-order valence-electron chi connectivity index (χ4n) is 2.40. The van der Waals surface area contributed by atoms with Gasteiger partial charge in [-0.2, -0.15) is 9.78 Å². The lowest BCUT2D eigenvalue weighted by Crippen LogP contribution is -2.19. The first-order chi connectivity index (χ1) is 11.5. The average Bonchev–Trinajstić information content (AvgIpc) is 3.02. The van der Waals surface area contributed by atoms with Crippen LogP contribution in [0.15, 0.2) is 39.5 Å². The van der Waals surface area contributed by atoms with Crippen LogP contribution in [0.1, 0.15) is 23.9 Å². The number of nitrogens with zero attached hydrogens (tertiary/aromatic N) is 4. The van der Waals surface area contributed by atoms with E-state index in [1.54, 1.807) is 30.5 Å². The molecule has 2 aromatic heterocycles. The molecule has 0 atom stereocenters. The third kappa shape index (κ3) is 2.83. The molecule has 0 spiro atoms. The minimum atomic E-state index is -0.410. The lowest BCUT2D eigenvalue weighted by atomic mass is 10.1. The summed E-state index contributed by atoms with van der Waals surface area (Å²) >= 11 is 1.40. The highest BCUT2D eigenvalue weighted by Gasteiger charge is 2.12. The molecular formula is C16H14N4O3S. The number of hydrogen-bond donors (Lipinski definition) is 0. The molecule has 3 rings (SSSR count). The molecule has 0 aliphatic heterocycles. The Balaban J connectivity index is 2.04. The van der Waals surface area contributed by atoms with Gasteiger partial charge in [0.05, 0.1) is 16.5 Å². The molecule has 8 heteroatoms. The molecule has 24 heavy (non-hydrogen) atoms. The van der Waals surface area contributed by atoms with Crippen molar-refractivity contribution in [1.29, 1.82) is 0 Å². The number of fused-ring (bicyclic) bond motifs is 1. The lowest BCUT2D eigenvalue weighted by molar-refractivity contribution is -0.385. The maximum atomic E-state index is 12.4. The summed E-state index contributed by atoms with van der Waals surface area (Å²) in [4.78, 5) is 28.1. The van der Waals surface area contributed by atoms with Gasteiger partial charge in [0.25, 0.3) is 11.2 Å². The van der Waals surface area contributed by atoms with Gasteiger partial charge < -0.3 is 0 Å². The quantitative estimate of drug-likeness (QED) is 0.414. The summed E-state index contributed by atoms with van der Waals surface area (Å²) in [5.74, 6) is 0.464. The second-order valence-electron chi connectivity index (χ2n) is 5.16. The largest absolute Gasteiger partial charge is 0.282 e. The molecule has 0 saturated heterocycles. The molecule has 0 radical (unpaired) electrons. The number of nitro benzene ring substituents is 1. The van der Waals surface area contributed by atoms with Crippen molar-refractivity contribution in [1.82, 2.24) is 9.66 Å². The number of hydrogen-bond acceptors (Lipinski definition) is 6. The highest BCUT2D eigenvalue weighted by Crippen LogP contribution is 2.20. The maximum Gasteiger partial charge on any atom is 0.282 e. The van der Waals surface area contributed by atoms with Gasteiger partial charge in [-0.25, -0.2) is 4.98 Å². The Morgan fingerprint density at radius 1 is 1.42 bits per heavy atom. The zero-order valence-corrected chi connectivity index (χ0v) is 13.9. The van der Waals surface area contributed by atoms with Crippen molar-refractivity contribution in [3.63, 3.8) is 0 Å². The third-order valence-corrected chi connectivity index (χ3v) is 4.45. The van der Waals surface area contributed by atoms with E-state index in [1.807, 2.05) is 6.92 Å². The molecule has 0 bridgehead atoms. The smallest absolute Gasteiger partial charge is 0.267 e. The first-order valence-electron chi connectivity index (χ1n) is 7.29. The minimum Gasteiger partial charge on any atom is -0.267 e. The van der Waals surface area contributed by atoms with Crippen molar-refractivity contribution in [3.8, 4) is 0 Å². The Bertz CT molecular complexity index is 1020. The summed E-state index contributed by atoms with van der Waals surface area (Å²) in [5.41, 5.74) is 1.01. The number of aryl methyl sites for hydroxylation is 2. The van der Waals surface area contributed by atoms with E-state index in [-0.39, 0.29) is 11.2 Å². The number of aromatic nitrogens is 2. The van der Waals surface area contributed by atoms with E-state index in [0.717, 1.165) is 0 Å². The Hall–Kier alpha value is -2.87. The molecule has 122 valence electrons. The molecular weight excluding hydrogens is 328 g/mol. The number of thiophene rings is 1. The Labute approximate surface area is 141 Å². The van der Waals surface area contributed by atoms with Gasteiger partial charge in [0, 0.05) is 17.2 Å². The van der Waals surface area contributed by atoms with Crippen molar-refractivity contribution in [2.24, 2.45) is 5.10 Å². The van der Waals surface area contributed by atoms with E-state index in [4.69, 9.17) is 0 Å². The molecule has 0 N–H and O–H groups in total. The van der Waals surface area contributed by atoms with Crippen molar-refractivity contribution < 1.29 is 4.92 Å². The maximum absolute atomic E-state index is 12.4. The summed E-state index contributed by atoms with van der Waals surface area (Å²) in [6, 6.07) is 6.61. The number of nitro groups is 1. The summed E-state index contributed by atoms with van der Waals surface area (Å²) in [5, 5.41) is 17.6. The van der Waals surface area contributed by atoms with Gasteiger partial charge in [-0.15, -0.1) is 11.3 Å². The van der Waals surface area contributed by atoms with E-state index < -0.39 is 4.92 Å². The SMILES string of the molecule is CCc1ccc(/C=N\n2c(C)nc3sccc3c2=O)cc1[N+](=O)[O-]. The minimum absolute atomic E-state index is 0.0527. The summed E-state index contributed by atoms with van der Waals surface area (Å²) in [7, 11) is 0. The van der Waals surface area contributed by atoms with Crippen LogP contribution < -0.4 is 5.56 Å². The van der Waals surface area contributed by atoms with Crippen molar-refractivity contribution in [3.05, 3.63) is 67.1 Å². The van der Waals surface area contributed by atoms with Crippen LogP contribution in [0.25, 0.3) is 10.2 Å². The van der Waals surface area contributed by atoms with Gasteiger partial charge in [-0.3, -0.25) is 14.9 Å². The fourth-order valence-corrected chi connectivity index (χ4v) is 3.20. The average molecular weight is 342 g/mol. The summed E-state index contributed by atoms with van der Waals surface area (Å²) < 4.78 is 1.20. The predicted octanol–water partition coefficient (Wildman–Crippen LogP) is 3.12. The van der Waals surface area contributed by atoms with Crippen LogP contribution >= 0.6 is 11.3 Å². The molecule has 0 aliphatic rings. The number of rotatable bonds is 4. The van der Waals surface area contributed by atoms with Crippen LogP contribution in [0.3, 0.4) is 0 Å². The van der Waals surface area contributed by atoms with Crippen molar-refractivity contribution in [2.45, 2.75) is 20.3 Å². The molecule has 0 aliphatic carbocycles.